The second-order valence-electron chi connectivity index (χ2n) is 5.57. The minimum absolute atomic E-state index is 0.162. The van der Waals surface area contributed by atoms with Gasteiger partial charge in [-0.1, -0.05) is 0 Å². The van der Waals surface area contributed by atoms with E-state index in [9.17, 15) is 4.79 Å². The van der Waals surface area contributed by atoms with Crippen LogP contribution < -0.4 is 0 Å². The van der Waals surface area contributed by atoms with E-state index in [0.717, 1.165) is 25.9 Å². The van der Waals surface area contributed by atoms with Gasteiger partial charge in [-0.05, 0) is 26.8 Å². The van der Waals surface area contributed by atoms with Gasteiger partial charge >= 0.3 is 0 Å². The lowest BCUT2D eigenvalue weighted by molar-refractivity contribution is -0.131. The van der Waals surface area contributed by atoms with Crippen molar-refractivity contribution in [3.8, 4) is 0 Å². The van der Waals surface area contributed by atoms with Crippen molar-refractivity contribution in [2.75, 3.05) is 46.3 Å². The van der Waals surface area contributed by atoms with E-state index in [4.69, 9.17) is 0 Å². The number of hydrogen-bond donors (Lipinski definition) is 1. The number of likely N-dealkylation sites (N-methyl/N-ethyl adjacent to an activating group) is 1. The van der Waals surface area contributed by atoms with Crippen LogP contribution in [0.15, 0.2) is 0 Å². The number of nitrogens with zero attached hydrogens (tertiary/aromatic N) is 3. The van der Waals surface area contributed by atoms with Crippen LogP contribution in [-0.4, -0.2) is 78.2 Å². The molecule has 2 aliphatic rings. The van der Waals surface area contributed by atoms with Crippen molar-refractivity contribution in [3.63, 3.8) is 0 Å². The molecule has 0 aromatic heterocycles. The molecular formula is C13H25N3OS. The Morgan fingerprint density at radius 2 is 1.67 bits per heavy atom. The normalized spacial score (nSPS) is 26.3. The molecule has 0 saturated carbocycles. The molecule has 0 aliphatic carbocycles. The molecule has 1 amide bonds. The van der Waals surface area contributed by atoms with Crippen LogP contribution in [0, 0.1) is 0 Å². The van der Waals surface area contributed by atoms with Gasteiger partial charge in [-0.3, -0.25) is 9.69 Å². The SMILES string of the molecule is CC(S)C(=O)N1CCC(N2CCN(C)CC2)CC1. The Balaban J connectivity index is 1.78. The summed E-state index contributed by atoms with van der Waals surface area (Å²) in [5, 5.41) is -0.162. The van der Waals surface area contributed by atoms with Crippen LogP contribution in [0.2, 0.25) is 0 Å². The second-order valence-corrected chi connectivity index (χ2v) is 6.35. The third kappa shape index (κ3) is 3.39. The predicted octanol–water partition coefficient (Wildman–Crippen LogP) is 0.543. The fourth-order valence-electron chi connectivity index (χ4n) is 2.90. The zero-order chi connectivity index (χ0) is 13.1. The first-order chi connectivity index (χ1) is 8.58. The lowest BCUT2D eigenvalue weighted by Gasteiger charge is -2.42. The molecule has 2 rings (SSSR count). The van der Waals surface area contributed by atoms with Gasteiger partial charge in [-0.2, -0.15) is 12.6 Å². The Bertz CT molecular complexity index is 282. The van der Waals surface area contributed by atoms with Crippen molar-refractivity contribution >= 4 is 18.5 Å². The number of piperazine rings is 1. The van der Waals surface area contributed by atoms with Gasteiger partial charge in [0.25, 0.3) is 0 Å². The van der Waals surface area contributed by atoms with Crippen molar-refractivity contribution in [2.45, 2.75) is 31.1 Å². The van der Waals surface area contributed by atoms with Crippen LogP contribution in [0.1, 0.15) is 19.8 Å². The first kappa shape index (κ1) is 14.2. The summed E-state index contributed by atoms with van der Waals surface area (Å²) in [6.45, 7) is 8.37. The molecule has 104 valence electrons. The highest BCUT2D eigenvalue weighted by Gasteiger charge is 2.29. The van der Waals surface area contributed by atoms with Gasteiger partial charge in [0, 0.05) is 45.3 Å². The first-order valence-corrected chi connectivity index (χ1v) is 7.49. The maximum absolute atomic E-state index is 11.9. The molecule has 2 heterocycles. The van der Waals surface area contributed by atoms with Crippen LogP contribution in [0.4, 0.5) is 0 Å². The number of thiol groups is 1. The molecular weight excluding hydrogens is 246 g/mol. The summed E-state index contributed by atoms with van der Waals surface area (Å²) in [5.74, 6) is 0.190. The summed E-state index contributed by atoms with van der Waals surface area (Å²) < 4.78 is 0. The van der Waals surface area contributed by atoms with E-state index >= 15 is 0 Å². The van der Waals surface area contributed by atoms with E-state index in [1.165, 1.54) is 26.2 Å². The van der Waals surface area contributed by atoms with E-state index in [-0.39, 0.29) is 11.2 Å². The highest BCUT2D eigenvalue weighted by molar-refractivity contribution is 7.81. The molecule has 2 fully saturated rings. The van der Waals surface area contributed by atoms with E-state index in [1.807, 2.05) is 11.8 Å². The molecule has 0 N–H and O–H groups in total. The van der Waals surface area contributed by atoms with Gasteiger partial charge in [-0.15, -0.1) is 0 Å². The van der Waals surface area contributed by atoms with Gasteiger partial charge in [0.1, 0.15) is 0 Å². The quantitative estimate of drug-likeness (QED) is 0.743. The molecule has 0 radical (unpaired) electrons. The van der Waals surface area contributed by atoms with Gasteiger partial charge < -0.3 is 9.80 Å². The highest BCUT2D eigenvalue weighted by Crippen LogP contribution is 2.19. The molecule has 0 aromatic carbocycles. The molecule has 18 heavy (non-hydrogen) atoms. The number of piperidine rings is 1. The molecule has 5 heteroatoms. The molecule has 2 aliphatic heterocycles. The average Bonchev–Trinajstić information content (AvgIpc) is 2.39. The van der Waals surface area contributed by atoms with Crippen LogP contribution in [-0.2, 0) is 4.79 Å². The van der Waals surface area contributed by atoms with Gasteiger partial charge in [0.05, 0.1) is 5.25 Å². The number of rotatable bonds is 2. The summed E-state index contributed by atoms with van der Waals surface area (Å²) in [7, 11) is 2.19. The van der Waals surface area contributed by atoms with Gasteiger partial charge in [0.2, 0.25) is 5.91 Å². The van der Waals surface area contributed by atoms with E-state index < -0.39 is 0 Å². The van der Waals surface area contributed by atoms with Crippen LogP contribution in [0.5, 0.6) is 0 Å². The standard InChI is InChI=1S/C13H25N3OS/c1-11(18)13(17)16-5-3-12(4-6-16)15-9-7-14(2)8-10-15/h11-12,18H,3-10H2,1-2H3. The van der Waals surface area contributed by atoms with Crippen molar-refractivity contribution in [3.05, 3.63) is 0 Å². The molecule has 0 aromatic rings. The lowest BCUT2D eigenvalue weighted by Crippen LogP contribution is -2.53. The van der Waals surface area contributed by atoms with Crippen molar-refractivity contribution in [1.29, 1.82) is 0 Å². The molecule has 4 nitrogen and oxygen atoms in total. The Morgan fingerprint density at radius 1 is 1.11 bits per heavy atom. The monoisotopic (exact) mass is 271 g/mol. The number of carbonyl (C=O) groups excluding carboxylic acids is 1. The zero-order valence-corrected chi connectivity index (χ0v) is 12.4. The van der Waals surface area contributed by atoms with Crippen molar-refractivity contribution < 1.29 is 4.79 Å². The number of carbonyl (C=O) groups is 1. The summed E-state index contributed by atoms with van der Waals surface area (Å²) >= 11 is 4.23. The number of hydrogen-bond acceptors (Lipinski definition) is 4. The predicted molar refractivity (Wildman–Crippen MR) is 77.1 cm³/mol. The molecule has 1 unspecified atom stereocenters. The van der Waals surface area contributed by atoms with Crippen molar-refractivity contribution in [1.82, 2.24) is 14.7 Å². The topological polar surface area (TPSA) is 26.8 Å². The summed E-state index contributed by atoms with van der Waals surface area (Å²) in [4.78, 5) is 18.8. The summed E-state index contributed by atoms with van der Waals surface area (Å²) in [6, 6.07) is 0.679. The fraction of sp³-hybridized carbons (Fsp3) is 0.923. The van der Waals surface area contributed by atoms with E-state index in [0.29, 0.717) is 6.04 Å². The Morgan fingerprint density at radius 3 is 2.17 bits per heavy atom. The van der Waals surface area contributed by atoms with Crippen LogP contribution in [0.3, 0.4) is 0 Å². The first-order valence-electron chi connectivity index (χ1n) is 6.97. The van der Waals surface area contributed by atoms with Crippen molar-refractivity contribution in [2.24, 2.45) is 0 Å². The largest absolute Gasteiger partial charge is 0.342 e. The fourth-order valence-corrected chi connectivity index (χ4v) is 3.07. The van der Waals surface area contributed by atoms with Crippen LogP contribution in [0.25, 0.3) is 0 Å². The van der Waals surface area contributed by atoms with Gasteiger partial charge in [0.15, 0.2) is 0 Å². The highest BCUT2D eigenvalue weighted by atomic mass is 32.1. The van der Waals surface area contributed by atoms with Crippen LogP contribution >= 0.6 is 12.6 Å². The zero-order valence-electron chi connectivity index (χ0n) is 11.5. The third-order valence-electron chi connectivity index (χ3n) is 4.19. The molecule has 0 spiro atoms. The van der Waals surface area contributed by atoms with E-state index in [2.05, 4.69) is 29.5 Å². The molecule has 0 bridgehead atoms. The molecule has 2 saturated heterocycles. The minimum atomic E-state index is -0.162. The smallest absolute Gasteiger partial charge is 0.235 e. The number of likely N-dealkylation sites (tertiary alicyclic amines) is 1. The number of amides is 1. The maximum Gasteiger partial charge on any atom is 0.235 e. The molecule has 1 atom stereocenters. The Hall–Kier alpha value is -0.260. The Labute approximate surface area is 116 Å². The third-order valence-corrected chi connectivity index (χ3v) is 4.41. The van der Waals surface area contributed by atoms with E-state index in [1.54, 1.807) is 0 Å². The maximum atomic E-state index is 11.9. The second kappa shape index (κ2) is 6.26. The summed E-state index contributed by atoms with van der Waals surface area (Å²) in [5.41, 5.74) is 0. The average molecular weight is 271 g/mol. The minimum Gasteiger partial charge on any atom is -0.342 e. The Kier molecular flexibility index (Phi) is 4.92. The summed E-state index contributed by atoms with van der Waals surface area (Å²) in [6.07, 6.45) is 2.24. The van der Waals surface area contributed by atoms with Gasteiger partial charge in [-0.25, -0.2) is 0 Å². The lowest BCUT2D eigenvalue weighted by atomic mass is 10.0.